The third-order valence-electron chi connectivity index (χ3n) is 5.25. The SMILES string of the molecule is NC(Cc1ccc(O)c(O)c1)C(=O)OCCC(F)(F)C(F)(F)C(F)(F)C(F)(F)C(F)(F)C(F)(F)C(F)(F)C(F)(F)F. The van der Waals surface area contributed by atoms with Gasteiger partial charge in [-0.2, -0.15) is 74.6 Å². The average molecular weight is 643 g/mol. The Morgan fingerprint density at radius 2 is 1.10 bits per heavy atom. The second-order valence-corrected chi connectivity index (χ2v) is 8.20. The van der Waals surface area contributed by atoms with Gasteiger partial charge in [-0.15, -0.1) is 0 Å². The molecule has 0 saturated heterocycles. The van der Waals surface area contributed by atoms with Crippen molar-refractivity contribution >= 4 is 5.97 Å². The van der Waals surface area contributed by atoms with Gasteiger partial charge in [-0.1, -0.05) is 6.07 Å². The number of hydrogen-bond acceptors (Lipinski definition) is 5. The van der Waals surface area contributed by atoms with Gasteiger partial charge in [0.15, 0.2) is 11.5 Å². The Bertz CT molecular complexity index is 1100. The lowest BCUT2D eigenvalue weighted by molar-refractivity contribution is -0.461. The van der Waals surface area contributed by atoms with Crippen molar-refractivity contribution in [1.29, 1.82) is 0 Å². The van der Waals surface area contributed by atoms with E-state index in [4.69, 9.17) is 10.8 Å². The number of phenolic OH excluding ortho intramolecular Hbond substituents is 2. The minimum absolute atomic E-state index is 0.0442. The van der Waals surface area contributed by atoms with Gasteiger partial charge >= 0.3 is 53.6 Å². The molecule has 0 heterocycles. The van der Waals surface area contributed by atoms with E-state index in [2.05, 4.69) is 4.74 Å². The fourth-order valence-electron chi connectivity index (χ4n) is 2.77. The summed E-state index contributed by atoms with van der Waals surface area (Å²) >= 11 is 0. The number of carbonyl (C=O) groups is 1. The lowest BCUT2D eigenvalue weighted by atomic mass is 9.88. The maximum absolute atomic E-state index is 13.8. The number of ether oxygens (including phenoxy) is 1. The Morgan fingerprint density at radius 3 is 1.51 bits per heavy atom. The molecule has 1 atom stereocenters. The van der Waals surface area contributed by atoms with Crippen LogP contribution < -0.4 is 5.73 Å². The molecule has 5 nitrogen and oxygen atoms in total. The molecule has 1 unspecified atom stereocenters. The van der Waals surface area contributed by atoms with Crippen molar-refractivity contribution < 1.29 is 94.4 Å². The molecule has 238 valence electrons. The molecule has 0 radical (unpaired) electrons. The van der Waals surface area contributed by atoms with Crippen molar-refractivity contribution in [3.63, 3.8) is 0 Å². The van der Waals surface area contributed by atoms with Crippen LogP contribution in [0.1, 0.15) is 12.0 Å². The standard InChI is InChI=1S/C19H14F17NO4/c20-12(21,3-4-41-11(40)8(37)5-7-1-2-9(38)10(39)6-7)13(22,23)14(24,25)15(26,27)16(28,29)17(30,31)18(32,33)19(34,35)36/h1-2,6,8,38-39H,3-5,37H2. The van der Waals surface area contributed by atoms with Crippen molar-refractivity contribution in [3.8, 4) is 11.5 Å². The van der Waals surface area contributed by atoms with Gasteiger partial charge in [0.1, 0.15) is 6.04 Å². The summed E-state index contributed by atoms with van der Waals surface area (Å²) in [5.41, 5.74) is 5.24. The van der Waals surface area contributed by atoms with Crippen LogP contribution in [0.3, 0.4) is 0 Å². The van der Waals surface area contributed by atoms with E-state index in [9.17, 15) is 84.5 Å². The van der Waals surface area contributed by atoms with Crippen molar-refractivity contribution in [3.05, 3.63) is 23.8 Å². The molecule has 1 aromatic carbocycles. The number of benzene rings is 1. The molecule has 0 aromatic heterocycles. The average Bonchev–Trinajstić information content (AvgIpc) is 2.79. The van der Waals surface area contributed by atoms with Gasteiger partial charge in [0.05, 0.1) is 13.0 Å². The summed E-state index contributed by atoms with van der Waals surface area (Å²) in [6.07, 6.45) is -11.4. The van der Waals surface area contributed by atoms with Gasteiger partial charge in [0.25, 0.3) is 0 Å². The molecule has 1 rings (SSSR count). The van der Waals surface area contributed by atoms with Gasteiger partial charge in [0.2, 0.25) is 0 Å². The van der Waals surface area contributed by atoms with Gasteiger partial charge in [-0.3, -0.25) is 4.79 Å². The third-order valence-corrected chi connectivity index (χ3v) is 5.25. The fourth-order valence-corrected chi connectivity index (χ4v) is 2.77. The first-order chi connectivity index (χ1) is 17.9. The van der Waals surface area contributed by atoms with Gasteiger partial charge in [0, 0.05) is 0 Å². The number of esters is 1. The Hall–Kier alpha value is -2.94. The Labute approximate surface area is 215 Å². The lowest BCUT2D eigenvalue weighted by Gasteiger charge is -2.42. The van der Waals surface area contributed by atoms with E-state index >= 15 is 0 Å². The number of nitrogens with two attached hydrogens (primary N) is 1. The van der Waals surface area contributed by atoms with Crippen molar-refractivity contribution in [2.45, 2.75) is 66.5 Å². The number of hydrogen-bond donors (Lipinski definition) is 3. The second kappa shape index (κ2) is 10.7. The van der Waals surface area contributed by atoms with Crippen molar-refractivity contribution in [2.75, 3.05) is 6.61 Å². The summed E-state index contributed by atoms with van der Waals surface area (Å²) in [6.45, 7) is -2.13. The molecule has 41 heavy (non-hydrogen) atoms. The minimum Gasteiger partial charge on any atom is -0.504 e. The van der Waals surface area contributed by atoms with Crippen LogP contribution in [0.15, 0.2) is 18.2 Å². The molecular formula is C19H14F17NO4. The highest BCUT2D eigenvalue weighted by atomic mass is 19.4. The summed E-state index contributed by atoms with van der Waals surface area (Å²) in [5, 5.41) is 18.4. The van der Waals surface area contributed by atoms with Crippen LogP contribution in [-0.2, 0) is 16.0 Å². The summed E-state index contributed by atoms with van der Waals surface area (Å²) in [4.78, 5) is 11.7. The molecular weight excluding hydrogens is 629 g/mol. The van der Waals surface area contributed by atoms with E-state index < -0.39 is 90.6 Å². The first-order valence-electron chi connectivity index (χ1n) is 10.1. The number of phenols is 2. The maximum Gasteiger partial charge on any atom is 0.460 e. The van der Waals surface area contributed by atoms with Crippen LogP contribution >= 0.6 is 0 Å². The van der Waals surface area contributed by atoms with E-state index in [-0.39, 0.29) is 5.56 Å². The van der Waals surface area contributed by atoms with Crippen LogP contribution in [0.25, 0.3) is 0 Å². The van der Waals surface area contributed by atoms with Gasteiger partial charge < -0.3 is 20.7 Å². The molecule has 0 aliphatic carbocycles. The van der Waals surface area contributed by atoms with E-state index in [1.807, 2.05) is 0 Å². The molecule has 4 N–H and O–H groups in total. The van der Waals surface area contributed by atoms with Crippen LogP contribution in [0.4, 0.5) is 74.6 Å². The van der Waals surface area contributed by atoms with Crippen LogP contribution in [-0.4, -0.2) is 76.5 Å². The second-order valence-electron chi connectivity index (χ2n) is 8.20. The first-order valence-corrected chi connectivity index (χ1v) is 10.1. The predicted molar refractivity (Wildman–Crippen MR) is 97.7 cm³/mol. The van der Waals surface area contributed by atoms with Crippen LogP contribution in [0.2, 0.25) is 0 Å². The molecule has 0 amide bonds. The molecule has 0 bridgehead atoms. The fraction of sp³-hybridized carbons (Fsp3) is 0.632. The molecule has 22 heteroatoms. The highest BCUT2D eigenvalue weighted by Crippen LogP contribution is 2.64. The highest BCUT2D eigenvalue weighted by molar-refractivity contribution is 5.76. The largest absolute Gasteiger partial charge is 0.504 e. The number of aromatic hydroxyl groups is 2. The Kier molecular flexibility index (Phi) is 9.43. The third kappa shape index (κ3) is 5.87. The lowest BCUT2D eigenvalue weighted by Crippen LogP contribution is -2.74. The van der Waals surface area contributed by atoms with Gasteiger partial charge in [-0.25, -0.2) is 0 Å². The zero-order valence-electron chi connectivity index (χ0n) is 19.1. The van der Waals surface area contributed by atoms with E-state index in [1.165, 1.54) is 0 Å². The Morgan fingerprint density at radius 1 is 0.683 bits per heavy atom. The topological polar surface area (TPSA) is 92.8 Å². The smallest absolute Gasteiger partial charge is 0.460 e. The predicted octanol–water partition coefficient (Wildman–Crippen LogP) is 5.91. The molecule has 0 spiro atoms. The quantitative estimate of drug-likeness (QED) is 0.150. The molecule has 0 saturated carbocycles. The van der Waals surface area contributed by atoms with E-state index in [1.54, 1.807) is 0 Å². The van der Waals surface area contributed by atoms with Crippen molar-refractivity contribution in [2.24, 2.45) is 5.73 Å². The zero-order chi connectivity index (χ0) is 32.8. The summed E-state index contributed by atoms with van der Waals surface area (Å²) < 4.78 is 229. The molecule has 0 aliphatic heterocycles. The molecule has 1 aromatic rings. The number of halogens is 17. The monoisotopic (exact) mass is 643 g/mol. The highest BCUT2D eigenvalue weighted by Gasteiger charge is 2.95. The zero-order valence-corrected chi connectivity index (χ0v) is 19.1. The summed E-state index contributed by atoms with van der Waals surface area (Å²) in [6, 6.07) is 0.854. The normalized spacial score (nSPS) is 15.6. The van der Waals surface area contributed by atoms with Crippen LogP contribution in [0, 0.1) is 0 Å². The summed E-state index contributed by atoms with van der Waals surface area (Å²) in [5.74, 6) is -60.5. The molecule has 0 fully saturated rings. The number of alkyl halides is 17. The maximum atomic E-state index is 13.8. The first kappa shape index (κ1) is 36.1. The van der Waals surface area contributed by atoms with E-state index in [0.29, 0.717) is 0 Å². The number of carbonyl (C=O) groups excluding carboxylic acids is 1. The van der Waals surface area contributed by atoms with Crippen LogP contribution in [0.5, 0.6) is 11.5 Å². The van der Waals surface area contributed by atoms with E-state index in [0.717, 1.165) is 18.2 Å². The summed E-state index contributed by atoms with van der Waals surface area (Å²) in [7, 11) is 0. The van der Waals surface area contributed by atoms with Gasteiger partial charge in [-0.05, 0) is 24.1 Å². The number of rotatable bonds is 12. The minimum atomic E-state index is -8.73. The van der Waals surface area contributed by atoms with Crippen molar-refractivity contribution in [1.82, 2.24) is 0 Å². The molecule has 0 aliphatic rings. The Balaban J connectivity index is 3.16.